The van der Waals surface area contributed by atoms with E-state index in [1.54, 1.807) is 0 Å². The summed E-state index contributed by atoms with van der Waals surface area (Å²) in [7, 11) is 0. The second-order valence-corrected chi connectivity index (χ2v) is 2.53. The maximum atomic E-state index is 11.1. The minimum absolute atomic E-state index is 0.228. The number of halogens is 1. The molecule has 0 aliphatic heterocycles. The van der Waals surface area contributed by atoms with E-state index in [2.05, 4.69) is 20.7 Å². The van der Waals surface area contributed by atoms with Gasteiger partial charge < -0.3 is 5.32 Å². The zero-order valence-corrected chi connectivity index (χ0v) is 7.14. The van der Waals surface area contributed by atoms with Gasteiger partial charge in [-0.1, -0.05) is 0 Å². The van der Waals surface area contributed by atoms with Crippen molar-refractivity contribution < 1.29 is 4.79 Å². The van der Waals surface area contributed by atoms with Crippen LogP contribution in [0.1, 0.15) is 16.9 Å². The topological polar surface area (TPSA) is 70.7 Å². The van der Waals surface area contributed by atoms with Crippen LogP contribution in [0.25, 0.3) is 0 Å². The van der Waals surface area contributed by atoms with Crippen molar-refractivity contribution in [3.8, 4) is 0 Å². The number of aromatic nitrogens is 3. The SMILES string of the molecule is O=C(NCCCCl)c1cn[nH]n1. The monoisotopic (exact) mass is 188 g/mol. The standard InChI is InChI=1S/C6H9ClN4O/c7-2-1-3-8-6(12)5-4-9-11-10-5/h4H,1-3H2,(H,8,12)(H,9,10,11). The van der Waals surface area contributed by atoms with Crippen molar-refractivity contribution in [2.24, 2.45) is 0 Å². The Bertz CT molecular complexity index is 236. The van der Waals surface area contributed by atoms with Gasteiger partial charge in [-0.05, 0) is 6.42 Å². The third-order valence-electron chi connectivity index (χ3n) is 1.24. The molecule has 1 rings (SSSR count). The lowest BCUT2D eigenvalue weighted by atomic mass is 10.4. The molecule has 66 valence electrons. The molecule has 0 aliphatic carbocycles. The highest BCUT2D eigenvalue weighted by Gasteiger charge is 2.05. The molecule has 5 nitrogen and oxygen atoms in total. The van der Waals surface area contributed by atoms with E-state index in [0.29, 0.717) is 18.1 Å². The van der Waals surface area contributed by atoms with Gasteiger partial charge in [0.05, 0.1) is 6.20 Å². The second kappa shape index (κ2) is 4.71. The Hall–Kier alpha value is -1.10. The summed E-state index contributed by atoms with van der Waals surface area (Å²) in [5.41, 5.74) is 0.296. The summed E-state index contributed by atoms with van der Waals surface area (Å²) in [6, 6.07) is 0. The first-order valence-electron chi connectivity index (χ1n) is 3.54. The Morgan fingerprint density at radius 2 is 2.58 bits per heavy atom. The molecule has 0 spiro atoms. The van der Waals surface area contributed by atoms with Gasteiger partial charge in [0.25, 0.3) is 5.91 Å². The molecule has 0 fully saturated rings. The normalized spacial score (nSPS) is 9.75. The Kier molecular flexibility index (Phi) is 3.53. The maximum Gasteiger partial charge on any atom is 0.273 e. The number of hydrogen-bond acceptors (Lipinski definition) is 3. The summed E-state index contributed by atoms with van der Waals surface area (Å²) < 4.78 is 0. The summed E-state index contributed by atoms with van der Waals surface area (Å²) >= 11 is 5.42. The lowest BCUT2D eigenvalue weighted by molar-refractivity contribution is 0.0949. The quantitative estimate of drug-likeness (QED) is 0.523. The number of nitrogens with zero attached hydrogens (tertiary/aromatic N) is 2. The van der Waals surface area contributed by atoms with Crippen LogP contribution in [0.5, 0.6) is 0 Å². The fraction of sp³-hybridized carbons (Fsp3) is 0.500. The van der Waals surface area contributed by atoms with Crippen molar-refractivity contribution >= 4 is 17.5 Å². The van der Waals surface area contributed by atoms with E-state index >= 15 is 0 Å². The van der Waals surface area contributed by atoms with E-state index in [0.717, 1.165) is 6.42 Å². The number of hydrogen-bond donors (Lipinski definition) is 2. The van der Waals surface area contributed by atoms with Gasteiger partial charge in [-0.3, -0.25) is 4.79 Å². The lowest BCUT2D eigenvalue weighted by Gasteiger charge is -1.98. The molecule has 0 saturated heterocycles. The number of aromatic amines is 1. The molecule has 12 heavy (non-hydrogen) atoms. The van der Waals surface area contributed by atoms with Gasteiger partial charge in [-0.15, -0.1) is 11.6 Å². The van der Waals surface area contributed by atoms with Crippen molar-refractivity contribution in [3.63, 3.8) is 0 Å². The molecule has 0 unspecified atom stereocenters. The number of rotatable bonds is 4. The average Bonchev–Trinajstić information content (AvgIpc) is 2.56. The molecule has 1 heterocycles. The Morgan fingerprint density at radius 1 is 1.75 bits per heavy atom. The predicted molar refractivity (Wildman–Crippen MR) is 44.1 cm³/mol. The van der Waals surface area contributed by atoms with E-state index in [1.807, 2.05) is 0 Å². The van der Waals surface area contributed by atoms with Crippen molar-refractivity contribution in [3.05, 3.63) is 11.9 Å². The van der Waals surface area contributed by atoms with E-state index in [4.69, 9.17) is 11.6 Å². The van der Waals surface area contributed by atoms with Crippen LogP contribution in [0.3, 0.4) is 0 Å². The molecular formula is C6H9ClN4O. The van der Waals surface area contributed by atoms with Crippen molar-refractivity contribution in [1.29, 1.82) is 0 Å². The minimum Gasteiger partial charge on any atom is -0.351 e. The van der Waals surface area contributed by atoms with Crippen LogP contribution in [0, 0.1) is 0 Å². The number of alkyl halides is 1. The fourth-order valence-corrected chi connectivity index (χ4v) is 0.804. The van der Waals surface area contributed by atoms with Gasteiger partial charge in [-0.2, -0.15) is 15.4 Å². The van der Waals surface area contributed by atoms with Gasteiger partial charge in [0.2, 0.25) is 0 Å². The zero-order valence-electron chi connectivity index (χ0n) is 6.38. The van der Waals surface area contributed by atoms with Crippen LogP contribution in [0.4, 0.5) is 0 Å². The van der Waals surface area contributed by atoms with Crippen LogP contribution in [-0.4, -0.2) is 33.7 Å². The third kappa shape index (κ3) is 2.50. The summed E-state index contributed by atoms with van der Waals surface area (Å²) in [4.78, 5) is 11.1. The molecule has 0 bridgehead atoms. The van der Waals surface area contributed by atoms with Gasteiger partial charge in [-0.25, -0.2) is 0 Å². The molecule has 1 amide bonds. The number of carbonyl (C=O) groups excluding carboxylic acids is 1. The molecule has 0 aromatic carbocycles. The summed E-state index contributed by atoms with van der Waals surface area (Å²) in [5.74, 6) is 0.313. The van der Waals surface area contributed by atoms with E-state index < -0.39 is 0 Å². The Labute approximate surface area is 74.5 Å². The van der Waals surface area contributed by atoms with E-state index in [-0.39, 0.29) is 5.91 Å². The fourth-order valence-electron chi connectivity index (χ4n) is 0.670. The average molecular weight is 189 g/mol. The van der Waals surface area contributed by atoms with Gasteiger partial charge in [0.1, 0.15) is 0 Å². The number of amides is 1. The molecule has 0 saturated carbocycles. The first-order valence-corrected chi connectivity index (χ1v) is 4.08. The highest BCUT2D eigenvalue weighted by molar-refractivity contribution is 6.17. The largest absolute Gasteiger partial charge is 0.351 e. The first kappa shape index (κ1) is 8.99. The van der Waals surface area contributed by atoms with Gasteiger partial charge in [0, 0.05) is 12.4 Å². The van der Waals surface area contributed by atoms with Gasteiger partial charge >= 0.3 is 0 Å². The lowest BCUT2D eigenvalue weighted by Crippen LogP contribution is -2.24. The van der Waals surface area contributed by atoms with Crippen LogP contribution < -0.4 is 5.32 Å². The van der Waals surface area contributed by atoms with Crippen LogP contribution in [-0.2, 0) is 0 Å². The van der Waals surface area contributed by atoms with Crippen LogP contribution in [0.15, 0.2) is 6.20 Å². The van der Waals surface area contributed by atoms with Crippen molar-refractivity contribution in [2.75, 3.05) is 12.4 Å². The van der Waals surface area contributed by atoms with Gasteiger partial charge in [0.15, 0.2) is 5.69 Å². The highest BCUT2D eigenvalue weighted by Crippen LogP contribution is 1.88. The summed E-state index contributed by atoms with van der Waals surface area (Å²) in [5, 5.41) is 12.1. The first-order chi connectivity index (χ1) is 5.84. The summed E-state index contributed by atoms with van der Waals surface area (Å²) in [6.45, 7) is 0.565. The Balaban J connectivity index is 2.30. The molecule has 1 aromatic heterocycles. The molecule has 0 aliphatic rings. The summed E-state index contributed by atoms with van der Waals surface area (Å²) in [6.07, 6.45) is 2.13. The maximum absolute atomic E-state index is 11.1. The highest BCUT2D eigenvalue weighted by atomic mass is 35.5. The molecule has 1 aromatic rings. The Morgan fingerprint density at radius 3 is 3.17 bits per heavy atom. The van der Waals surface area contributed by atoms with E-state index in [1.165, 1.54) is 6.20 Å². The minimum atomic E-state index is -0.228. The molecule has 0 atom stereocenters. The predicted octanol–water partition coefficient (Wildman–Crippen LogP) is 0.163. The van der Waals surface area contributed by atoms with Crippen LogP contribution in [0.2, 0.25) is 0 Å². The second-order valence-electron chi connectivity index (χ2n) is 2.15. The zero-order chi connectivity index (χ0) is 8.81. The molecule has 0 radical (unpaired) electrons. The number of carbonyl (C=O) groups is 1. The molecule has 2 N–H and O–H groups in total. The van der Waals surface area contributed by atoms with Crippen molar-refractivity contribution in [1.82, 2.24) is 20.7 Å². The third-order valence-corrected chi connectivity index (χ3v) is 1.51. The number of nitrogens with one attached hydrogen (secondary N) is 2. The molecular weight excluding hydrogens is 180 g/mol. The van der Waals surface area contributed by atoms with E-state index in [9.17, 15) is 4.79 Å². The smallest absolute Gasteiger partial charge is 0.273 e. The number of H-pyrrole nitrogens is 1. The van der Waals surface area contributed by atoms with Crippen molar-refractivity contribution in [2.45, 2.75) is 6.42 Å². The molecule has 6 heteroatoms. The van der Waals surface area contributed by atoms with Crippen LogP contribution >= 0.6 is 11.6 Å².